The van der Waals surface area contributed by atoms with Gasteiger partial charge in [0.2, 0.25) is 17.7 Å². The zero-order valence-electron chi connectivity index (χ0n) is 14.9. The summed E-state index contributed by atoms with van der Waals surface area (Å²) in [5.74, 6) is 0.497. The standard InChI is InChI=1S/C15H20N6O5/c1-9(2)7-16-13-17-14(24-4)19-15(18-13)26-11-6-5-10(20-21-11)25-8-12(22)23-3/h5-6,9H,7-8H2,1-4H3,(H,16,17,18,19). The molecule has 0 spiro atoms. The highest BCUT2D eigenvalue weighted by Crippen LogP contribution is 2.19. The molecule has 0 saturated carbocycles. The molecule has 2 rings (SSSR count). The van der Waals surface area contributed by atoms with Crippen LogP contribution in [0.15, 0.2) is 12.1 Å². The molecule has 0 aliphatic rings. The Balaban J connectivity index is 2.04. The second-order valence-corrected chi connectivity index (χ2v) is 5.38. The lowest BCUT2D eigenvalue weighted by Gasteiger charge is -2.09. The van der Waals surface area contributed by atoms with Gasteiger partial charge in [0.25, 0.3) is 0 Å². The van der Waals surface area contributed by atoms with E-state index in [1.165, 1.54) is 26.4 Å². The first-order valence-corrected chi connectivity index (χ1v) is 7.75. The fraction of sp³-hybridized carbons (Fsp3) is 0.467. The molecule has 26 heavy (non-hydrogen) atoms. The van der Waals surface area contributed by atoms with Gasteiger partial charge in [-0.15, -0.1) is 15.2 Å². The predicted molar refractivity (Wildman–Crippen MR) is 89.3 cm³/mol. The Morgan fingerprint density at radius 1 is 1.08 bits per heavy atom. The molecule has 11 nitrogen and oxygen atoms in total. The van der Waals surface area contributed by atoms with E-state index in [-0.39, 0.29) is 30.4 Å². The summed E-state index contributed by atoms with van der Waals surface area (Å²) in [5.41, 5.74) is 0. The average Bonchev–Trinajstić information content (AvgIpc) is 2.65. The minimum atomic E-state index is -0.522. The van der Waals surface area contributed by atoms with Crippen molar-refractivity contribution in [2.75, 3.05) is 32.7 Å². The molecule has 0 fully saturated rings. The van der Waals surface area contributed by atoms with E-state index >= 15 is 0 Å². The number of nitrogens with one attached hydrogen (secondary N) is 1. The molecule has 2 aromatic rings. The molecule has 1 N–H and O–H groups in total. The third-order valence-corrected chi connectivity index (χ3v) is 2.82. The van der Waals surface area contributed by atoms with Crippen LogP contribution in [0, 0.1) is 5.92 Å². The van der Waals surface area contributed by atoms with E-state index in [1.807, 2.05) is 0 Å². The van der Waals surface area contributed by atoms with Crippen molar-refractivity contribution in [2.24, 2.45) is 5.92 Å². The monoisotopic (exact) mass is 364 g/mol. The van der Waals surface area contributed by atoms with Gasteiger partial charge in [0.15, 0.2) is 6.61 Å². The van der Waals surface area contributed by atoms with Gasteiger partial charge in [0.1, 0.15) is 0 Å². The van der Waals surface area contributed by atoms with Crippen LogP contribution in [0.2, 0.25) is 0 Å². The maximum Gasteiger partial charge on any atom is 0.343 e. The summed E-state index contributed by atoms with van der Waals surface area (Å²) in [6.45, 7) is 4.53. The van der Waals surface area contributed by atoms with Crippen LogP contribution in [-0.2, 0) is 9.53 Å². The average molecular weight is 364 g/mol. The summed E-state index contributed by atoms with van der Waals surface area (Å²) < 4.78 is 20.1. The number of carbonyl (C=O) groups excluding carboxylic acids is 1. The fourth-order valence-corrected chi connectivity index (χ4v) is 1.57. The van der Waals surface area contributed by atoms with Crippen LogP contribution in [0.1, 0.15) is 13.8 Å². The van der Waals surface area contributed by atoms with E-state index in [2.05, 4.69) is 49.1 Å². The molecular weight excluding hydrogens is 344 g/mol. The van der Waals surface area contributed by atoms with Crippen molar-refractivity contribution < 1.29 is 23.7 Å². The third kappa shape index (κ3) is 6.00. The third-order valence-electron chi connectivity index (χ3n) is 2.82. The second-order valence-electron chi connectivity index (χ2n) is 5.38. The van der Waals surface area contributed by atoms with Crippen molar-refractivity contribution in [2.45, 2.75) is 13.8 Å². The van der Waals surface area contributed by atoms with E-state index < -0.39 is 5.97 Å². The Kier molecular flexibility index (Phi) is 6.83. The highest BCUT2D eigenvalue weighted by Gasteiger charge is 2.11. The molecule has 0 amide bonds. The second kappa shape index (κ2) is 9.30. The first kappa shape index (κ1) is 19.1. The van der Waals surface area contributed by atoms with Crippen LogP contribution in [0.5, 0.6) is 23.8 Å². The summed E-state index contributed by atoms with van der Waals surface area (Å²) in [6.07, 6.45) is 0. The Hall–Kier alpha value is -3.24. The Labute approximate surface area is 150 Å². The lowest BCUT2D eigenvalue weighted by atomic mass is 10.2. The van der Waals surface area contributed by atoms with Crippen molar-refractivity contribution in [1.82, 2.24) is 25.1 Å². The van der Waals surface area contributed by atoms with E-state index in [0.717, 1.165) is 0 Å². The van der Waals surface area contributed by atoms with Gasteiger partial charge in [-0.05, 0) is 5.92 Å². The Morgan fingerprint density at radius 3 is 2.38 bits per heavy atom. The lowest BCUT2D eigenvalue weighted by molar-refractivity contribution is -0.143. The number of hydrogen-bond acceptors (Lipinski definition) is 11. The molecule has 140 valence electrons. The smallest absolute Gasteiger partial charge is 0.343 e. The van der Waals surface area contributed by atoms with Crippen molar-refractivity contribution >= 4 is 11.9 Å². The van der Waals surface area contributed by atoms with Crippen LogP contribution in [0.3, 0.4) is 0 Å². The van der Waals surface area contributed by atoms with Crippen LogP contribution >= 0.6 is 0 Å². The first-order chi connectivity index (χ1) is 12.5. The van der Waals surface area contributed by atoms with Crippen LogP contribution in [-0.4, -0.2) is 58.5 Å². The number of rotatable bonds is 9. The molecule has 0 aliphatic heterocycles. The van der Waals surface area contributed by atoms with E-state index in [4.69, 9.17) is 14.2 Å². The summed E-state index contributed by atoms with van der Waals surface area (Å²) in [4.78, 5) is 23.3. The highest BCUT2D eigenvalue weighted by atomic mass is 16.6. The summed E-state index contributed by atoms with van der Waals surface area (Å²) in [6, 6.07) is 3.09. The number of anilines is 1. The number of nitrogens with zero attached hydrogens (tertiary/aromatic N) is 5. The number of hydrogen-bond donors (Lipinski definition) is 1. The minimum Gasteiger partial charge on any atom is -0.467 e. The van der Waals surface area contributed by atoms with E-state index in [9.17, 15) is 4.79 Å². The molecule has 0 saturated heterocycles. The molecule has 0 unspecified atom stereocenters. The minimum absolute atomic E-state index is 0.000588. The fourth-order valence-electron chi connectivity index (χ4n) is 1.57. The van der Waals surface area contributed by atoms with Gasteiger partial charge < -0.3 is 24.3 Å². The molecule has 0 aliphatic carbocycles. The lowest BCUT2D eigenvalue weighted by Crippen LogP contribution is -2.13. The first-order valence-electron chi connectivity index (χ1n) is 7.75. The molecular formula is C15H20N6O5. The number of methoxy groups -OCH3 is 2. The topological polar surface area (TPSA) is 130 Å². The normalized spacial score (nSPS) is 10.3. The maximum absolute atomic E-state index is 11.0. The van der Waals surface area contributed by atoms with Gasteiger partial charge in [-0.1, -0.05) is 13.8 Å². The molecule has 2 aromatic heterocycles. The van der Waals surface area contributed by atoms with Gasteiger partial charge in [-0.2, -0.15) is 9.97 Å². The van der Waals surface area contributed by atoms with Crippen molar-refractivity contribution in [1.29, 1.82) is 0 Å². The number of esters is 1. The molecule has 11 heteroatoms. The summed E-state index contributed by atoms with van der Waals surface area (Å²) >= 11 is 0. The zero-order chi connectivity index (χ0) is 18.9. The van der Waals surface area contributed by atoms with Gasteiger partial charge in [0.05, 0.1) is 14.2 Å². The summed E-state index contributed by atoms with van der Waals surface area (Å²) in [7, 11) is 2.71. The van der Waals surface area contributed by atoms with Gasteiger partial charge >= 0.3 is 18.0 Å². The largest absolute Gasteiger partial charge is 0.467 e. The number of ether oxygens (including phenoxy) is 4. The zero-order valence-corrected chi connectivity index (χ0v) is 14.9. The number of carbonyl (C=O) groups is 1. The Morgan fingerprint density at radius 2 is 1.77 bits per heavy atom. The van der Waals surface area contributed by atoms with E-state index in [1.54, 1.807) is 0 Å². The summed E-state index contributed by atoms with van der Waals surface area (Å²) in [5, 5.41) is 10.7. The molecule has 0 atom stereocenters. The van der Waals surface area contributed by atoms with Crippen LogP contribution < -0.4 is 19.5 Å². The van der Waals surface area contributed by atoms with E-state index in [0.29, 0.717) is 18.4 Å². The molecule has 0 bridgehead atoms. The quantitative estimate of drug-likeness (QED) is 0.641. The highest BCUT2D eigenvalue weighted by molar-refractivity contribution is 5.70. The van der Waals surface area contributed by atoms with Crippen molar-refractivity contribution in [3.8, 4) is 23.8 Å². The van der Waals surface area contributed by atoms with Gasteiger partial charge in [-0.3, -0.25) is 0 Å². The number of aromatic nitrogens is 5. The van der Waals surface area contributed by atoms with Gasteiger partial charge in [0, 0.05) is 18.7 Å². The maximum atomic E-state index is 11.0. The van der Waals surface area contributed by atoms with Crippen molar-refractivity contribution in [3.05, 3.63) is 12.1 Å². The SMILES string of the molecule is COC(=O)COc1ccc(Oc2nc(NCC(C)C)nc(OC)n2)nn1. The Bertz CT molecular complexity index is 725. The molecule has 0 aromatic carbocycles. The predicted octanol–water partition coefficient (Wildman–Crippen LogP) is 1.08. The molecule has 0 radical (unpaired) electrons. The van der Waals surface area contributed by atoms with Crippen LogP contribution in [0.25, 0.3) is 0 Å². The van der Waals surface area contributed by atoms with Gasteiger partial charge in [-0.25, -0.2) is 4.79 Å². The molecule has 2 heterocycles. The van der Waals surface area contributed by atoms with Crippen molar-refractivity contribution in [3.63, 3.8) is 0 Å². The van der Waals surface area contributed by atoms with Crippen LogP contribution in [0.4, 0.5) is 5.95 Å².